The number of halogens is 1. The highest BCUT2D eigenvalue weighted by Gasteiger charge is 2.06. The molecule has 0 spiro atoms. The van der Waals surface area contributed by atoms with Crippen LogP contribution in [0.3, 0.4) is 0 Å². The zero-order chi connectivity index (χ0) is 14.5. The molecule has 2 N–H and O–H groups in total. The molecule has 0 saturated heterocycles. The van der Waals surface area contributed by atoms with Crippen molar-refractivity contribution >= 4 is 21.6 Å². The molecule has 4 heteroatoms. The molecular formula is C16H18BrNO2. The van der Waals surface area contributed by atoms with Gasteiger partial charge in [0.2, 0.25) is 0 Å². The van der Waals surface area contributed by atoms with E-state index in [1.54, 1.807) is 6.07 Å². The highest BCUT2D eigenvalue weighted by Crippen LogP contribution is 2.33. The lowest BCUT2D eigenvalue weighted by atomic mass is 10.2. The number of nitrogen functional groups attached to an aromatic ring is 1. The quantitative estimate of drug-likeness (QED) is 0.788. The largest absolute Gasteiger partial charge is 0.491 e. The number of aryl methyl sites for hydroxylation is 1. The Morgan fingerprint density at radius 2 is 1.90 bits per heavy atom. The topological polar surface area (TPSA) is 44.5 Å². The van der Waals surface area contributed by atoms with Gasteiger partial charge in [-0.05, 0) is 59.1 Å². The Morgan fingerprint density at radius 1 is 1.10 bits per heavy atom. The van der Waals surface area contributed by atoms with Gasteiger partial charge in [0, 0.05) is 6.07 Å². The third-order valence-electron chi connectivity index (χ3n) is 2.76. The second kappa shape index (κ2) is 6.66. The maximum absolute atomic E-state index is 5.88. The Hall–Kier alpha value is -1.68. The maximum Gasteiger partial charge on any atom is 0.145 e. The van der Waals surface area contributed by atoms with Gasteiger partial charge in [0.05, 0.1) is 16.8 Å². The standard InChI is InChI=1S/C16H18BrNO2/c1-3-8-19-16-10-12(5-6-14(16)18)20-15-7-4-11(2)9-13(15)17/h4-7,9-10H,3,8,18H2,1-2H3. The molecule has 0 aliphatic heterocycles. The Kier molecular flexibility index (Phi) is 4.90. The van der Waals surface area contributed by atoms with Gasteiger partial charge in [0.1, 0.15) is 17.2 Å². The van der Waals surface area contributed by atoms with Crippen LogP contribution in [0.25, 0.3) is 0 Å². The first-order valence-electron chi connectivity index (χ1n) is 6.56. The van der Waals surface area contributed by atoms with Crippen molar-refractivity contribution < 1.29 is 9.47 Å². The van der Waals surface area contributed by atoms with E-state index in [1.165, 1.54) is 5.56 Å². The SMILES string of the molecule is CCCOc1cc(Oc2ccc(C)cc2Br)ccc1N. The third-order valence-corrected chi connectivity index (χ3v) is 3.38. The van der Waals surface area contributed by atoms with Crippen LogP contribution in [0, 0.1) is 6.92 Å². The minimum atomic E-state index is 0.619. The zero-order valence-corrected chi connectivity index (χ0v) is 13.2. The third kappa shape index (κ3) is 3.67. The summed E-state index contributed by atoms with van der Waals surface area (Å²) in [6, 6.07) is 11.4. The van der Waals surface area contributed by atoms with Crippen LogP contribution < -0.4 is 15.2 Å². The van der Waals surface area contributed by atoms with Gasteiger partial charge in [-0.2, -0.15) is 0 Å². The summed E-state index contributed by atoms with van der Waals surface area (Å²) in [4.78, 5) is 0. The molecule has 0 aliphatic carbocycles. The van der Waals surface area contributed by atoms with E-state index in [2.05, 4.69) is 22.9 Å². The minimum absolute atomic E-state index is 0.619. The van der Waals surface area contributed by atoms with E-state index in [4.69, 9.17) is 15.2 Å². The van der Waals surface area contributed by atoms with Crippen LogP contribution in [0.15, 0.2) is 40.9 Å². The summed E-state index contributed by atoms with van der Waals surface area (Å²) in [6.45, 7) is 4.73. The lowest BCUT2D eigenvalue weighted by Crippen LogP contribution is -1.99. The highest BCUT2D eigenvalue weighted by atomic mass is 79.9. The fourth-order valence-corrected chi connectivity index (χ4v) is 2.30. The number of ether oxygens (including phenoxy) is 2. The summed E-state index contributed by atoms with van der Waals surface area (Å²) < 4.78 is 12.4. The van der Waals surface area contributed by atoms with E-state index in [0.29, 0.717) is 23.8 Å². The molecule has 0 amide bonds. The first kappa shape index (κ1) is 14.7. The van der Waals surface area contributed by atoms with Crippen molar-refractivity contribution in [3.8, 4) is 17.2 Å². The fourth-order valence-electron chi connectivity index (χ4n) is 1.73. The molecule has 20 heavy (non-hydrogen) atoms. The van der Waals surface area contributed by atoms with E-state index < -0.39 is 0 Å². The molecule has 106 valence electrons. The molecule has 3 nitrogen and oxygen atoms in total. The maximum atomic E-state index is 5.88. The van der Waals surface area contributed by atoms with Gasteiger partial charge in [0.15, 0.2) is 0 Å². The number of hydrogen-bond donors (Lipinski definition) is 1. The summed E-state index contributed by atoms with van der Waals surface area (Å²) in [5, 5.41) is 0. The Labute approximate surface area is 127 Å². The van der Waals surface area contributed by atoms with Crippen molar-refractivity contribution in [3.05, 3.63) is 46.4 Å². The van der Waals surface area contributed by atoms with Crippen LogP contribution in [0.1, 0.15) is 18.9 Å². The molecule has 2 aromatic carbocycles. The lowest BCUT2D eigenvalue weighted by molar-refractivity contribution is 0.317. The molecule has 0 unspecified atom stereocenters. The lowest BCUT2D eigenvalue weighted by Gasteiger charge is -2.12. The second-order valence-electron chi connectivity index (χ2n) is 4.58. The zero-order valence-electron chi connectivity index (χ0n) is 11.7. The molecule has 0 radical (unpaired) electrons. The predicted octanol–water partition coefficient (Wildman–Crippen LogP) is 4.92. The van der Waals surface area contributed by atoms with Crippen molar-refractivity contribution in [1.82, 2.24) is 0 Å². The van der Waals surface area contributed by atoms with Crippen LogP contribution in [0.5, 0.6) is 17.2 Å². The van der Waals surface area contributed by atoms with Crippen molar-refractivity contribution in [2.45, 2.75) is 20.3 Å². The summed E-state index contributed by atoms with van der Waals surface area (Å²) in [5.41, 5.74) is 7.68. The van der Waals surface area contributed by atoms with Gasteiger partial charge in [-0.3, -0.25) is 0 Å². The molecule has 2 rings (SSSR count). The summed E-state index contributed by atoms with van der Waals surface area (Å²) in [6.07, 6.45) is 0.939. The summed E-state index contributed by atoms with van der Waals surface area (Å²) in [5.74, 6) is 2.13. The molecule has 0 fully saturated rings. The van der Waals surface area contributed by atoms with Gasteiger partial charge in [-0.25, -0.2) is 0 Å². The van der Waals surface area contributed by atoms with Crippen LogP contribution in [-0.2, 0) is 0 Å². The van der Waals surface area contributed by atoms with Gasteiger partial charge >= 0.3 is 0 Å². The first-order chi connectivity index (χ1) is 9.60. The number of nitrogens with two attached hydrogens (primary N) is 1. The number of anilines is 1. The van der Waals surface area contributed by atoms with Crippen molar-refractivity contribution in [2.75, 3.05) is 12.3 Å². The van der Waals surface area contributed by atoms with E-state index in [0.717, 1.165) is 16.6 Å². The highest BCUT2D eigenvalue weighted by molar-refractivity contribution is 9.10. The Bertz CT molecular complexity index is 599. The number of hydrogen-bond acceptors (Lipinski definition) is 3. The van der Waals surface area contributed by atoms with Crippen LogP contribution in [-0.4, -0.2) is 6.61 Å². The molecule has 2 aromatic rings. The first-order valence-corrected chi connectivity index (χ1v) is 7.35. The summed E-state index contributed by atoms with van der Waals surface area (Å²) in [7, 11) is 0. The van der Waals surface area contributed by atoms with E-state index in [-0.39, 0.29) is 0 Å². The van der Waals surface area contributed by atoms with Crippen molar-refractivity contribution in [1.29, 1.82) is 0 Å². The molecule has 0 aromatic heterocycles. The fraction of sp³-hybridized carbons (Fsp3) is 0.250. The minimum Gasteiger partial charge on any atom is -0.491 e. The molecule has 0 atom stereocenters. The average Bonchev–Trinajstić information content (AvgIpc) is 2.42. The van der Waals surface area contributed by atoms with Crippen molar-refractivity contribution in [2.24, 2.45) is 0 Å². The van der Waals surface area contributed by atoms with Gasteiger partial charge in [-0.1, -0.05) is 13.0 Å². The van der Waals surface area contributed by atoms with Crippen LogP contribution >= 0.6 is 15.9 Å². The van der Waals surface area contributed by atoms with Crippen LogP contribution in [0.4, 0.5) is 5.69 Å². The second-order valence-corrected chi connectivity index (χ2v) is 5.44. The Balaban J connectivity index is 2.20. The molecule has 0 aliphatic rings. The van der Waals surface area contributed by atoms with E-state index >= 15 is 0 Å². The molecule has 0 bridgehead atoms. The Morgan fingerprint density at radius 3 is 2.60 bits per heavy atom. The monoisotopic (exact) mass is 335 g/mol. The molecule has 0 heterocycles. The van der Waals surface area contributed by atoms with Crippen molar-refractivity contribution in [3.63, 3.8) is 0 Å². The van der Waals surface area contributed by atoms with Gasteiger partial charge < -0.3 is 15.2 Å². The molecule has 0 saturated carbocycles. The normalized spacial score (nSPS) is 10.3. The van der Waals surface area contributed by atoms with E-state index in [9.17, 15) is 0 Å². The van der Waals surface area contributed by atoms with Crippen LogP contribution in [0.2, 0.25) is 0 Å². The summed E-state index contributed by atoms with van der Waals surface area (Å²) >= 11 is 3.50. The number of benzene rings is 2. The smallest absolute Gasteiger partial charge is 0.145 e. The van der Waals surface area contributed by atoms with Gasteiger partial charge in [0.25, 0.3) is 0 Å². The predicted molar refractivity (Wildman–Crippen MR) is 85.6 cm³/mol. The molecular weight excluding hydrogens is 318 g/mol. The van der Waals surface area contributed by atoms with Gasteiger partial charge in [-0.15, -0.1) is 0 Å². The average molecular weight is 336 g/mol. The van der Waals surface area contributed by atoms with E-state index in [1.807, 2.05) is 37.3 Å². The number of rotatable bonds is 5.